The number of pyridine rings is 1. The van der Waals surface area contributed by atoms with E-state index in [4.69, 9.17) is 10.00 Å². The highest BCUT2D eigenvalue weighted by molar-refractivity contribution is 5.89. The molecule has 0 spiro atoms. The summed E-state index contributed by atoms with van der Waals surface area (Å²) in [6, 6.07) is 12.1. The molecular formula is C18H18N2O3. The monoisotopic (exact) mass is 310 g/mol. The van der Waals surface area contributed by atoms with E-state index in [2.05, 4.69) is 0 Å². The summed E-state index contributed by atoms with van der Waals surface area (Å²) in [6.45, 7) is 5.68. The van der Waals surface area contributed by atoms with Gasteiger partial charge in [0.2, 0.25) is 0 Å². The first-order valence-corrected chi connectivity index (χ1v) is 7.33. The zero-order valence-corrected chi connectivity index (χ0v) is 13.4. The van der Waals surface area contributed by atoms with Crippen LogP contribution in [0.25, 0.3) is 0 Å². The van der Waals surface area contributed by atoms with E-state index in [1.165, 1.54) is 10.6 Å². The molecule has 0 N–H and O–H groups in total. The molecule has 0 saturated carbocycles. The minimum atomic E-state index is -0.392. The Kier molecular flexibility index (Phi) is 4.97. The number of benzene rings is 1. The van der Waals surface area contributed by atoms with E-state index >= 15 is 0 Å². The standard InChI is InChI=1S/C18H18N2O3/c1-12(2)23-18(22)15-6-4-5-14(9-15)11-20-13(3)7-8-16(10-19)17(20)21/h4-9,12H,11H2,1-3H3. The van der Waals surface area contributed by atoms with Crippen LogP contribution in [0, 0.1) is 18.3 Å². The molecule has 0 aliphatic carbocycles. The van der Waals surface area contributed by atoms with Crippen molar-refractivity contribution in [3.05, 3.63) is 69.1 Å². The Morgan fingerprint density at radius 3 is 2.70 bits per heavy atom. The van der Waals surface area contributed by atoms with Gasteiger partial charge in [0.1, 0.15) is 11.6 Å². The lowest BCUT2D eigenvalue weighted by Crippen LogP contribution is -2.25. The molecule has 0 aliphatic rings. The minimum Gasteiger partial charge on any atom is -0.459 e. The molecule has 0 unspecified atom stereocenters. The summed E-state index contributed by atoms with van der Waals surface area (Å²) in [5.74, 6) is -0.392. The predicted molar refractivity (Wildman–Crippen MR) is 86.2 cm³/mol. The second-order valence-electron chi connectivity index (χ2n) is 5.55. The van der Waals surface area contributed by atoms with Gasteiger partial charge in [-0.1, -0.05) is 12.1 Å². The molecule has 2 rings (SSSR count). The number of nitriles is 1. The van der Waals surface area contributed by atoms with Crippen molar-refractivity contribution in [1.82, 2.24) is 4.57 Å². The van der Waals surface area contributed by atoms with Gasteiger partial charge in [-0.25, -0.2) is 4.79 Å². The predicted octanol–water partition coefficient (Wildman–Crippen LogP) is 2.64. The van der Waals surface area contributed by atoms with E-state index in [0.29, 0.717) is 12.1 Å². The third-order valence-electron chi connectivity index (χ3n) is 3.36. The number of carbonyl (C=O) groups excluding carboxylic acids is 1. The maximum absolute atomic E-state index is 12.2. The Bertz CT molecular complexity index is 829. The molecule has 23 heavy (non-hydrogen) atoms. The number of nitrogens with zero attached hydrogens (tertiary/aromatic N) is 2. The van der Waals surface area contributed by atoms with Gasteiger partial charge >= 0.3 is 5.97 Å². The molecule has 0 atom stereocenters. The molecule has 5 nitrogen and oxygen atoms in total. The summed E-state index contributed by atoms with van der Waals surface area (Å²) in [7, 11) is 0. The molecule has 1 aromatic carbocycles. The Hall–Kier alpha value is -2.87. The molecule has 2 aromatic rings. The van der Waals surface area contributed by atoms with E-state index in [1.807, 2.05) is 12.1 Å². The van der Waals surface area contributed by atoms with E-state index in [0.717, 1.165) is 11.3 Å². The molecular weight excluding hydrogens is 292 g/mol. The lowest BCUT2D eigenvalue weighted by molar-refractivity contribution is 0.0378. The average molecular weight is 310 g/mol. The van der Waals surface area contributed by atoms with Crippen LogP contribution >= 0.6 is 0 Å². The Morgan fingerprint density at radius 1 is 1.30 bits per heavy atom. The lowest BCUT2D eigenvalue weighted by atomic mass is 10.1. The van der Waals surface area contributed by atoms with Crippen molar-refractivity contribution >= 4 is 5.97 Å². The summed E-state index contributed by atoms with van der Waals surface area (Å²) in [4.78, 5) is 24.2. The topological polar surface area (TPSA) is 72.1 Å². The largest absolute Gasteiger partial charge is 0.459 e. The average Bonchev–Trinajstić information content (AvgIpc) is 2.51. The van der Waals surface area contributed by atoms with Gasteiger partial charge in [-0.05, 0) is 50.6 Å². The van der Waals surface area contributed by atoms with Crippen LogP contribution < -0.4 is 5.56 Å². The SMILES string of the molecule is Cc1ccc(C#N)c(=O)n1Cc1cccc(C(=O)OC(C)C)c1. The summed E-state index contributed by atoms with van der Waals surface area (Å²) in [6.07, 6.45) is -0.191. The Labute approximate surface area is 134 Å². The van der Waals surface area contributed by atoms with Crippen LogP contribution in [-0.4, -0.2) is 16.6 Å². The van der Waals surface area contributed by atoms with Gasteiger partial charge in [-0.3, -0.25) is 4.79 Å². The first-order valence-electron chi connectivity index (χ1n) is 7.33. The van der Waals surface area contributed by atoms with Crippen LogP contribution in [0.5, 0.6) is 0 Å². The van der Waals surface area contributed by atoms with Gasteiger partial charge in [0.15, 0.2) is 0 Å². The minimum absolute atomic E-state index is 0.103. The highest BCUT2D eigenvalue weighted by atomic mass is 16.5. The van der Waals surface area contributed by atoms with Crippen LogP contribution in [0.15, 0.2) is 41.2 Å². The molecule has 1 aromatic heterocycles. The molecule has 1 heterocycles. The number of aromatic nitrogens is 1. The fourth-order valence-electron chi connectivity index (χ4n) is 2.21. The van der Waals surface area contributed by atoms with E-state index in [9.17, 15) is 9.59 Å². The fourth-order valence-corrected chi connectivity index (χ4v) is 2.21. The van der Waals surface area contributed by atoms with Crippen molar-refractivity contribution in [3.8, 4) is 6.07 Å². The summed E-state index contributed by atoms with van der Waals surface area (Å²) in [5, 5.41) is 8.98. The quantitative estimate of drug-likeness (QED) is 0.814. The third kappa shape index (κ3) is 3.86. The highest BCUT2D eigenvalue weighted by Crippen LogP contribution is 2.10. The summed E-state index contributed by atoms with van der Waals surface area (Å²) >= 11 is 0. The highest BCUT2D eigenvalue weighted by Gasteiger charge is 2.11. The van der Waals surface area contributed by atoms with Crippen LogP contribution in [0.1, 0.15) is 41.0 Å². The number of rotatable bonds is 4. The van der Waals surface area contributed by atoms with E-state index in [1.54, 1.807) is 45.0 Å². The van der Waals surface area contributed by atoms with Crippen LogP contribution in [0.4, 0.5) is 0 Å². The maximum Gasteiger partial charge on any atom is 0.338 e. The van der Waals surface area contributed by atoms with Crippen LogP contribution in [-0.2, 0) is 11.3 Å². The zero-order chi connectivity index (χ0) is 17.0. The van der Waals surface area contributed by atoms with E-state index < -0.39 is 5.97 Å². The van der Waals surface area contributed by atoms with Crippen molar-refractivity contribution in [1.29, 1.82) is 5.26 Å². The molecule has 0 bridgehead atoms. The van der Waals surface area contributed by atoms with Crippen LogP contribution in [0.3, 0.4) is 0 Å². The molecule has 0 radical (unpaired) electrons. The first kappa shape index (κ1) is 16.5. The van der Waals surface area contributed by atoms with Crippen molar-refractivity contribution in [2.75, 3.05) is 0 Å². The van der Waals surface area contributed by atoms with Gasteiger partial charge in [-0.2, -0.15) is 5.26 Å². The molecule has 118 valence electrons. The smallest absolute Gasteiger partial charge is 0.338 e. The lowest BCUT2D eigenvalue weighted by Gasteiger charge is -2.12. The molecule has 0 saturated heterocycles. The maximum atomic E-state index is 12.2. The third-order valence-corrected chi connectivity index (χ3v) is 3.36. The number of carbonyl (C=O) groups is 1. The number of esters is 1. The molecule has 0 amide bonds. The second-order valence-corrected chi connectivity index (χ2v) is 5.55. The molecule has 0 aliphatic heterocycles. The van der Waals surface area contributed by atoms with Crippen molar-refractivity contribution < 1.29 is 9.53 Å². The fraction of sp³-hybridized carbons (Fsp3) is 0.278. The second kappa shape index (κ2) is 6.93. The van der Waals surface area contributed by atoms with Crippen molar-refractivity contribution in [3.63, 3.8) is 0 Å². The number of hydrogen-bond donors (Lipinski definition) is 0. The van der Waals surface area contributed by atoms with Crippen molar-refractivity contribution in [2.45, 2.75) is 33.4 Å². The van der Waals surface area contributed by atoms with Crippen molar-refractivity contribution in [2.24, 2.45) is 0 Å². The summed E-state index contributed by atoms with van der Waals surface area (Å²) < 4.78 is 6.69. The first-order chi connectivity index (χ1) is 10.9. The Morgan fingerprint density at radius 2 is 2.04 bits per heavy atom. The number of hydrogen-bond acceptors (Lipinski definition) is 4. The molecule has 5 heteroatoms. The normalized spacial score (nSPS) is 10.4. The van der Waals surface area contributed by atoms with Gasteiger partial charge < -0.3 is 9.30 Å². The number of aryl methyl sites for hydroxylation is 1. The number of ether oxygens (including phenoxy) is 1. The van der Waals surface area contributed by atoms with Gasteiger partial charge in [0, 0.05) is 5.69 Å². The molecule has 0 fully saturated rings. The van der Waals surface area contributed by atoms with Gasteiger partial charge in [-0.15, -0.1) is 0 Å². The van der Waals surface area contributed by atoms with Crippen LogP contribution in [0.2, 0.25) is 0 Å². The Balaban J connectivity index is 2.34. The van der Waals surface area contributed by atoms with E-state index in [-0.39, 0.29) is 17.2 Å². The summed E-state index contributed by atoms with van der Waals surface area (Å²) in [5.41, 5.74) is 1.76. The zero-order valence-electron chi connectivity index (χ0n) is 13.4. The van der Waals surface area contributed by atoms with Gasteiger partial charge in [0.05, 0.1) is 18.2 Å². The van der Waals surface area contributed by atoms with Gasteiger partial charge in [0.25, 0.3) is 5.56 Å².